The molecule has 1 aliphatic rings. The van der Waals surface area contributed by atoms with Crippen molar-refractivity contribution < 1.29 is 52.4 Å². The molecule has 0 saturated carbocycles. The second-order valence-corrected chi connectivity index (χ2v) is 9.40. The van der Waals surface area contributed by atoms with Crippen LogP contribution in [0.5, 0.6) is 0 Å². The molecule has 1 unspecified atom stereocenters. The monoisotopic (exact) mass is 538 g/mol. The standard InChI is InChI=1S/C27H38O11/c1-18(2)24(30)36-15-27(16-37-25(31)19(3)4,17-38-26(32)20(5)6)14-35-23(29)11-10-22(28)34-13-21-9-7-8-12-33-21/h21H,1,3,5,7-17H2,2,4,6H3. The number of carbonyl (C=O) groups excluding carboxylic acids is 5. The van der Waals surface area contributed by atoms with Gasteiger partial charge in [0.1, 0.15) is 38.4 Å². The molecule has 0 bridgehead atoms. The van der Waals surface area contributed by atoms with Gasteiger partial charge in [-0.25, -0.2) is 14.4 Å². The fraction of sp³-hybridized carbons (Fsp3) is 0.593. The maximum Gasteiger partial charge on any atom is 0.333 e. The molecular formula is C27H38O11. The number of hydrogen-bond acceptors (Lipinski definition) is 11. The fourth-order valence-electron chi connectivity index (χ4n) is 2.98. The largest absolute Gasteiger partial charge is 0.465 e. The quantitative estimate of drug-likeness (QED) is 0.163. The van der Waals surface area contributed by atoms with Gasteiger partial charge < -0.3 is 28.4 Å². The second kappa shape index (κ2) is 16.4. The molecule has 1 atom stereocenters. The summed E-state index contributed by atoms with van der Waals surface area (Å²) in [5.41, 5.74) is -1.15. The highest BCUT2D eigenvalue weighted by atomic mass is 16.6. The Kier molecular flexibility index (Phi) is 14.0. The molecule has 0 aromatic heterocycles. The minimum absolute atomic E-state index is 0.103. The topological polar surface area (TPSA) is 141 Å². The number of carbonyl (C=O) groups is 5. The van der Waals surface area contributed by atoms with Crippen LogP contribution < -0.4 is 0 Å². The summed E-state index contributed by atoms with van der Waals surface area (Å²) >= 11 is 0. The van der Waals surface area contributed by atoms with E-state index in [1.165, 1.54) is 20.8 Å². The van der Waals surface area contributed by atoms with Crippen molar-refractivity contribution in [3.05, 3.63) is 36.5 Å². The van der Waals surface area contributed by atoms with Gasteiger partial charge in [-0.2, -0.15) is 0 Å². The van der Waals surface area contributed by atoms with Crippen molar-refractivity contribution in [2.45, 2.75) is 59.0 Å². The minimum atomic E-state index is -1.46. The molecule has 1 heterocycles. The van der Waals surface area contributed by atoms with Gasteiger partial charge in [0.25, 0.3) is 0 Å². The van der Waals surface area contributed by atoms with E-state index in [4.69, 9.17) is 28.4 Å². The average molecular weight is 539 g/mol. The molecule has 0 spiro atoms. The third kappa shape index (κ3) is 12.7. The number of ether oxygens (including phenoxy) is 6. The molecule has 38 heavy (non-hydrogen) atoms. The van der Waals surface area contributed by atoms with E-state index in [2.05, 4.69) is 19.7 Å². The lowest BCUT2D eigenvalue weighted by molar-refractivity contribution is -0.168. The van der Waals surface area contributed by atoms with Gasteiger partial charge in [0.05, 0.1) is 18.9 Å². The predicted octanol–water partition coefficient (Wildman–Crippen LogP) is 2.77. The van der Waals surface area contributed by atoms with Gasteiger partial charge >= 0.3 is 29.8 Å². The Morgan fingerprint density at radius 3 is 1.50 bits per heavy atom. The van der Waals surface area contributed by atoms with Gasteiger partial charge in [0.15, 0.2) is 0 Å². The van der Waals surface area contributed by atoms with Crippen molar-refractivity contribution in [1.29, 1.82) is 0 Å². The van der Waals surface area contributed by atoms with Crippen LogP contribution in [0.2, 0.25) is 0 Å². The van der Waals surface area contributed by atoms with Crippen LogP contribution in [-0.4, -0.2) is 75.6 Å². The maximum atomic E-state index is 12.4. The lowest BCUT2D eigenvalue weighted by Crippen LogP contribution is -2.44. The highest BCUT2D eigenvalue weighted by Crippen LogP contribution is 2.23. The molecule has 0 aromatic rings. The summed E-state index contributed by atoms with van der Waals surface area (Å²) in [7, 11) is 0. The smallest absolute Gasteiger partial charge is 0.333 e. The van der Waals surface area contributed by atoms with Crippen LogP contribution in [0.4, 0.5) is 0 Å². The third-order valence-corrected chi connectivity index (χ3v) is 5.35. The average Bonchev–Trinajstić information content (AvgIpc) is 2.89. The van der Waals surface area contributed by atoms with Crippen LogP contribution in [0.1, 0.15) is 52.9 Å². The second-order valence-electron chi connectivity index (χ2n) is 9.40. The molecule has 0 N–H and O–H groups in total. The summed E-state index contributed by atoms with van der Waals surface area (Å²) in [6, 6.07) is 0. The van der Waals surface area contributed by atoms with Gasteiger partial charge in [-0.05, 0) is 40.0 Å². The van der Waals surface area contributed by atoms with Crippen LogP contribution in [0, 0.1) is 5.41 Å². The zero-order chi connectivity index (χ0) is 28.7. The Morgan fingerprint density at radius 1 is 0.684 bits per heavy atom. The molecular weight excluding hydrogens is 500 g/mol. The molecule has 1 saturated heterocycles. The Hall–Kier alpha value is -3.47. The molecule has 1 aliphatic heterocycles. The van der Waals surface area contributed by atoms with Crippen LogP contribution in [-0.2, 0) is 52.4 Å². The molecule has 0 aromatic carbocycles. The van der Waals surface area contributed by atoms with Crippen LogP contribution in [0.25, 0.3) is 0 Å². The molecule has 1 rings (SSSR count). The lowest BCUT2D eigenvalue weighted by atomic mass is 9.92. The molecule has 11 heteroatoms. The highest BCUT2D eigenvalue weighted by Gasteiger charge is 2.38. The maximum absolute atomic E-state index is 12.4. The molecule has 0 radical (unpaired) electrons. The molecule has 1 fully saturated rings. The molecule has 0 aliphatic carbocycles. The Balaban J connectivity index is 2.84. The predicted molar refractivity (Wildman–Crippen MR) is 134 cm³/mol. The molecule has 212 valence electrons. The van der Waals surface area contributed by atoms with Crippen molar-refractivity contribution in [3.8, 4) is 0 Å². The van der Waals surface area contributed by atoms with Gasteiger partial charge in [0, 0.05) is 23.3 Å². The summed E-state index contributed by atoms with van der Waals surface area (Å²) in [5.74, 6) is -3.58. The van der Waals surface area contributed by atoms with Gasteiger partial charge in [-0.15, -0.1) is 0 Å². The normalized spacial score (nSPS) is 15.0. The van der Waals surface area contributed by atoms with E-state index in [-0.39, 0.29) is 42.3 Å². The van der Waals surface area contributed by atoms with Gasteiger partial charge in [-0.1, -0.05) is 19.7 Å². The summed E-state index contributed by atoms with van der Waals surface area (Å²) in [5, 5.41) is 0. The first-order chi connectivity index (χ1) is 17.8. The number of esters is 5. The zero-order valence-electron chi connectivity index (χ0n) is 22.5. The van der Waals surface area contributed by atoms with Crippen LogP contribution >= 0.6 is 0 Å². The lowest BCUT2D eigenvalue weighted by Gasteiger charge is -2.31. The molecule has 0 amide bonds. The van der Waals surface area contributed by atoms with Crippen molar-refractivity contribution >= 4 is 29.8 Å². The Labute approximate surface area is 223 Å². The van der Waals surface area contributed by atoms with Crippen molar-refractivity contribution in [2.24, 2.45) is 5.41 Å². The van der Waals surface area contributed by atoms with E-state index in [1.54, 1.807) is 0 Å². The summed E-state index contributed by atoms with van der Waals surface area (Å²) < 4.78 is 31.7. The van der Waals surface area contributed by atoms with Crippen LogP contribution in [0.15, 0.2) is 36.5 Å². The van der Waals surface area contributed by atoms with Gasteiger partial charge in [0.2, 0.25) is 0 Å². The van der Waals surface area contributed by atoms with E-state index in [1.807, 2.05) is 0 Å². The Morgan fingerprint density at radius 2 is 1.11 bits per heavy atom. The third-order valence-electron chi connectivity index (χ3n) is 5.35. The summed E-state index contributed by atoms with van der Waals surface area (Å²) in [4.78, 5) is 60.6. The van der Waals surface area contributed by atoms with Crippen molar-refractivity contribution in [1.82, 2.24) is 0 Å². The van der Waals surface area contributed by atoms with E-state index in [9.17, 15) is 24.0 Å². The van der Waals surface area contributed by atoms with Gasteiger partial charge in [-0.3, -0.25) is 9.59 Å². The first kappa shape index (κ1) is 32.6. The first-order valence-electron chi connectivity index (χ1n) is 12.3. The Bertz CT molecular complexity index is 838. The zero-order valence-corrected chi connectivity index (χ0v) is 22.5. The number of rotatable bonds is 16. The molecule has 11 nitrogen and oxygen atoms in total. The SMILES string of the molecule is C=C(C)C(=O)OCC(COC(=O)CCC(=O)OCC1CCCCO1)(COC(=O)C(=C)C)COC(=O)C(=C)C. The van der Waals surface area contributed by atoms with E-state index < -0.39 is 61.7 Å². The first-order valence-corrected chi connectivity index (χ1v) is 12.3. The summed E-state index contributed by atoms with van der Waals surface area (Å²) in [6.07, 6.45) is 2.12. The summed E-state index contributed by atoms with van der Waals surface area (Å²) in [6.45, 7) is 13.8. The van der Waals surface area contributed by atoms with E-state index in [0.29, 0.717) is 6.61 Å². The van der Waals surface area contributed by atoms with Crippen molar-refractivity contribution in [3.63, 3.8) is 0 Å². The number of hydrogen-bond donors (Lipinski definition) is 0. The highest BCUT2D eigenvalue weighted by molar-refractivity contribution is 5.88. The van der Waals surface area contributed by atoms with Crippen molar-refractivity contribution in [2.75, 3.05) is 39.6 Å². The van der Waals surface area contributed by atoms with E-state index >= 15 is 0 Å². The minimum Gasteiger partial charge on any atom is -0.465 e. The fourth-order valence-corrected chi connectivity index (χ4v) is 2.98. The van der Waals surface area contributed by atoms with Crippen LogP contribution in [0.3, 0.4) is 0 Å². The van der Waals surface area contributed by atoms with E-state index in [0.717, 1.165) is 19.3 Å².